The van der Waals surface area contributed by atoms with E-state index in [1.807, 2.05) is 13.0 Å². The smallest absolute Gasteiger partial charge is 0.0547 e. The fourth-order valence-corrected chi connectivity index (χ4v) is 2.39. The quantitative estimate of drug-likeness (QED) is 0.741. The van der Waals surface area contributed by atoms with Crippen LogP contribution in [0.5, 0.6) is 0 Å². The Morgan fingerprint density at radius 1 is 1.29 bits per heavy atom. The minimum Gasteiger partial charge on any atom is -0.381 e. The van der Waals surface area contributed by atoms with E-state index in [0.717, 1.165) is 32.7 Å². The Labute approximate surface area is 113 Å². The first-order chi connectivity index (χ1) is 8.29. The van der Waals surface area contributed by atoms with E-state index in [0.29, 0.717) is 5.92 Å². The summed E-state index contributed by atoms with van der Waals surface area (Å²) in [7, 11) is 0. The molecule has 0 aromatic heterocycles. The molecule has 0 saturated carbocycles. The van der Waals surface area contributed by atoms with E-state index in [-0.39, 0.29) is 0 Å². The molecule has 3 heteroatoms. The van der Waals surface area contributed by atoms with Gasteiger partial charge in [-0.05, 0) is 31.5 Å². The Hall–Kier alpha value is -0.380. The van der Waals surface area contributed by atoms with Gasteiger partial charge in [0.05, 0.1) is 6.61 Å². The molecule has 17 heavy (non-hydrogen) atoms. The Balaban J connectivity index is 2.64. The van der Waals surface area contributed by atoms with E-state index in [9.17, 15) is 0 Å². The van der Waals surface area contributed by atoms with Crippen molar-refractivity contribution in [2.45, 2.75) is 26.2 Å². The molecule has 0 heterocycles. The minimum absolute atomic E-state index is 0.414. The van der Waals surface area contributed by atoms with Crippen LogP contribution in [0, 0.1) is 0 Å². The van der Waals surface area contributed by atoms with Crippen molar-refractivity contribution in [3.05, 3.63) is 34.3 Å². The molecule has 0 aliphatic carbocycles. The third-order valence-electron chi connectivity index (χ3n) is 2.69. The van der Waals surface area contributed by atoms with Gasteiger partial charge in [-0.25, -0.2) is 0 Å². The van der Waals surface area contributed by atoms with Gasteiger partial charge in [-0.3, -0.25) is 0 Å². The highest BCUT2D eigenvalue weighted by molar-refractivity contribution is 9.10. The van der Waals surface area contributed by atoms with Crippen LogP contribution in [0.1, 0.15) is 31.7 Å². The van der Waals surface area contributed by atoms with E-state index in [1.165, 1.54) is 10.0 Å². The SMILES string of the molecule is CCCNCC(COCC)c1ccccc1Br. The zero-order valence-corrected chi connectivity index (χ0v) is 12.3. The van der Waals surface area contributed by atoms with Crippen LogP contribution in [-0.2, 0) is 4.74 Å². The molecular weight excluding hydrogens is 278 g/mol. The Morgan fingerprint density at radius 2 is 2.06 bits per heavy atom. The predicted molar refractivity (Wildman–Crippen MR) is 76.5 cm³/mol. The van der Waals surface area contributed by atoms with Gasteiger partial charge in [0.1, 0.15) is 0 Å². The molecule has 1 aromatic carbocycles. The molecule has 96 valence electrons. The van der Waals surface area contributed by atoms with Gasteiger partial charge in [-0.1, -0.05) is 41.1 Å². The molecule has 0 aliphatic heterocycles. The molecule has 1 rings (SSSR count). The molecule has 1 atom stereocenters. The summed E-state index contributed by atoms with van der Waals surface area (Å²) in [4.78, 5) is 0. The number of benzene rings is 1. The fraction of sp³-hybridized carbons (Fsp3) is 0.571. The molecule has 0 saturated heterocycles. The second-order valence-corrected chi connectivity index (χ2v) is 4.94. The van der Waals surface area contributed by atoms with Crippen molar-refractivity contribution in [1.82, 2.24) is 5.32 Å². The Kier molecular flexibility index (Phi) is 7.49. The first-order valence-corrected chi connectivity index (χ1v) is 7.11. The van der Waals surface area contributed by atoms with Crippen LogP contribution < -0.4 is 5.32 Å². The molecular formula is C14H22BrNO. The van der Waals surface area contributed by atoms with Crippen LogP contribution in [0.2, 0.25) is 0 Å². The van der Waals surface area contributed by atoms with E-state index in [1.54, 1.807) is 0 Å². The van der Waals surface area contributed by atoms with Crippen LogP contribution in [0.3, 0.4) is 0 Å². The lowest BCUT2D eigenvalue weighted by Crippen LogP contribution is -2.25. The van der Waals surface area contributed by atoms with Crippen LogP contribution >= 0.6 is 15.9 Å². The molecule has 2 nitrogen and oxygen atoms in total. The number of nitrogens with one attached hydrogen (secondary N) is 1. The molecule has 0 amide bonds. The van der Waals surface area contributed by atoms with E-state index in [4.69, 9.17) is 4.74 Å². The highest BCUT2D eigenvalue weighted by Crippen LogP contribution is 2.24. The highest BCUT2D eigenvalue weighted by atomic mass is 79.9. The lowest BCUT2D eigenvalue weighted by atomic mass is 10.00. The number of hydrogen-bond donors (Lipinski definition) is 1. The molecule has 0 radical (unpaired) electrons. The topological polar surface area (TPSA) is 21.3 Å². The maximum atomic E-state index is 5.57. The first-order valence-electron chi connectivity index (χ1n) is 6.32. The van der Waals surface area contributed by atoms with Crippen LogP contribution in [-0.4, -0.2) is 26.3 Å². The number of ether oxygens (including phenoxy) is 1. The molecule has 0 bridgehead atoms. The fourth-order valence-electron chi connectivity index (χ4n) is 1.78. The molecule has 0 aliphatic rings. The van der Waals surface area contributed by atoms with Gasteiger partial charge in [-0.15, -0.1) is 0 Å². The van der Waals surface area contributed by atoms with Gasteiger partial charge in [0.2, 0.25) is 0 Å². The van der Waals surface area contributed by atoms with Crippen molar-refractivity contribution in [3.8, 4) is 0 Å². The third-order valence-corrected chi connectivity index (χ3v) is 3.41. The van der Waals surface area contributed by atoms with Crippen LogP contribution in [0.25, 0.3) is 0 Å². The lowest BCUT2D eigenvalue weighted by molar-refractivity contribution is 0.131. The summed E-state index contributed by atoms with van der Waals surface area (Å²) in [5, 5.41) is 3.47. The van der Waals surface area contributed by atoms with Crippen molar-refractivity contribution in [2.75, 3.05) is 26.3 Å². The molecule has 0 spiro atoms. The first kappa shape index (κ1) is 14.7. The molecule has 1 aromatic rings. The summed E-state index contributed by atoms with van der Waals surface area (Å²) in [6, 6.07) is 8.39. The van der Waals surface area contributed by atoms with Crippen molar-refractivity contribution in [1.29, 1.82) is 0 Å². The van der Waals surface area contributed by atoms with Crippen molar-refractivity contribution in [2.24, 2.45) is 0 Å². The molecule has 0 fully saturated rings. The summed E-state index contributed by atoms with van der Waals surface area (Å²) in [6.45, 7) is 7.80. The van der Waals surface area contributed by atoms with Crippen molar-refractivity contribution >= 4 is 15.9 Å². The van der Waals surface area contributed by atoms with Crippen LogP contribution in [0.4, 0.5) is 0 Å². The lowest BCUT2D eigenvalue weighted by Gasteiger charge is -2.19. The normalized spacial score (nSPS) is 12.6. The Bertz CT molecular complexity index is 317. The van der Waals surface area contributed by atoms with Gasteiger partial charge < -0.3 is 10.1 Å². The zero-order valence-electron chi connectivity index (χ0n) is 10.7. The molecule has 1 N–H and O–H groups in total. The predicted octanol–water partition coefficient (Wildman–Crippen LogP) is 3.57. The average molecular weight is 300 g/mol. The summed E-state index contributed by atoms with van der Waals surface area (Å²) in [5.41, 5.74) is 1.32. The van der Waals surface area contributed by atoms with E-state index in [2.05, 4.69) is 46.4 Å². The zero-order chi connectivity index (χ0) is 12.5. The largest absolute Gasteiger partial charge is 0.381 e. The summed E-state index contributed by atoms with van der Waals surface area (Å²) >= 11 is 3.61. The van der Waals surface area contributed by atoms with Gasteiger partial charge in [0.25, 0.3) is 0 Å². The summed E-state index contributed by atoms with van der Waals surface area (Å²) in [5.74, 6) is 0.414. The second-order valence-electron chi connectivity index (χ2n) is 4.08. The van der Waals surface area contributed by atoms with Gasteiger partial charge in [0.15, 0.2) is 0 Å². The summed E-state index contributed by atoms with van der Waals surface area (Å²) < 4.78 is 6.74. The number of rotatable bonds is 8. The number of halogens is 1. The molecule has 1 unspecified atom stereocenters. The average Bonchev–Trinajstić information content (AvgIpc) is 2.35. The third kappa shape index (κ3) is 5.19. The van der Waals surface area contributed by atoms with E-state index < -0.39 is 0 Å². The Morgan fingerprint density at radius 3 is 2.71 bits per heavy atom. The van der Waals surface area contributed by atoms with E-state index >= 15 is 0 Å². The number of hydrogen-bond acceptors (Lipinski definition) is 2. The van der Waals surface area contributed by atoms with Gasteiger partial charge in [-0.2, -0.15) is 0 Å². The minimum atomic E-state index is 0.414. The summed E-state index contributed by atoms with van der Waals surface area (Å²) in [6.07, 6.45) is 1.16. The van der Waals surface area contributed by atoms with Gasteiger partial charge in [0, 0.05) is 23.5 Å². The second kappa shape index (κ2) is 8.67. The monoisotopic (exact) mass is 299 g/mol. The van der Waals surface area contributed by atoms with Crippen molar-refractivity contribution < 1.29 is 4.74 Å². The highest BCUT2D eigenvalue weighted by Gasteiger charge is 2.13. The standard InChI is InChI=1S/C14H22BrNO/c1-3-9-16-10-12(11-17-4-2)13-7-5-6-8-14(13)15/h5-8,12,16H,3-4,9-11H2,1-2H3. The maximum absolute atomic E-state index is 5.57. The maximum Gasteiger partial charge on any atom is 0.0547 e. The van der Waals surface area contributed by atoms with Crippen LogP contribution in [0.15, 0.2) is 28.7 Å². The van der Waals surface area contributed by atoms with Crippen molar-refractivity contribution in [3.63, 3.8) is 0 Å². The van der Waals surface area contributed by atoms with Gasteiger partial charge >= 0.3 is 0 Å².